The first-order valence-corrected chi connectivity index (χ1v) is 7.17. The molecule has 0 aliphatic rings. The second-order valence-electron chi connectivity index (χ2n) is 5.55. The van der Waals surface area contributed by atoms with Gasteiger partial charge >= 0.3 is 0 Å². The van der Waals surface area contributed by atoms with Gasteiger partial charge in [0.2, 0.25) is 5.91 Å². The van der Waals surface area contributed by atoms with Crippen LogP contribution in [0.5, 0.6) is 0 Å². The molecular weight excluding hydrogens is 252 g/mol. The highest BCUT2D eigenvalue weighted by Crippen LogP contribution is 2.22. The van der Waals surface area contributed by atoms with Gasteiger partial charge in [0, 0.05) is 19.2 Å². The van der Waals surface area contributed by atoms with Gasteiger partial charge in [-0.3, -0.25) is 9.69 Å². The van der Waals surface area contributed by atoms with Gasteiger partial charge in [-0.15, -0.1) is 0 Å². The summed E-state index contributed by atoms with van der Waals surface area (Å²) in [7, 11) is 1.92. The third-order valence-corrected chi connectivity index (χ3v) is 3.22. The zero-order chi connectivity index (χ0) is 15.0. The third-order valence-electron chi connectivity index (χ3n) is 3.22. The summed E-state index contributed by atoms with van der Waals surface area (Å²) in [6.07, 6.45) is 0.623. The normalized spacial score (nSPS) is 12.7. The zero-order valence-electron chi connectivity index (χ0n) is 12.7. The Hall–Kier alpha value is -1.39. The van der Waals surface area contributed by atoms with Gasteiger partial charge in [-0.25, -0.2) is 0 Å². The maximum Gasteiger partial charge on any atom is 0.234 e. The van der Waals surface area contributed by atoms with Crippen LogP contribution in [-0.2, 0) is 4.79 Å². The molecular formula is C16H26N2O2. The van der Waals surface area contributed by atoms with Crippen molar-refractivity contribution in [3.8, 4) is 0 Å². The molecule has 4 nitrogen and oxygen atoms in total. The number of carbonyl (C=O) groups excluding carboxylic acids is 1. The van der Waals surface area contributed by atoms with Crippen molar-refractivity contribution >= 4 is 5.91 Å². The van der Waals surface area contributed by atoms with Crippen molar-refractivity contribution in [3.05, 3.63) is 35.9 Å². The zero-order valence-corrected chi connectivity index (χ0v) is 12.7. The first-order valence-electron chi connectivity index (χ1n) is 7.17. The number of rotatable bonds is 8. The Morgan fingerprint density at radius 2 is 1.95 bits per heavy atom. The van der Waals surface area contributed by atoms with Crippen LogP contribution >= 0.6 is 0 Å². The molecule has 0 spiro atoms. The smallest absolute Gasteiger partial charge is 0.234 e. The van der Waals surface area contributed by atoms with Crippen molar-refractivity contribution in [2.45, 2.75) is 26.3 Å². The van der Waals surface area contributed by atoms with Gasteiger partial charge in [0.05, 0.1) is 6.54 Å². The lowest BCUT2D eigenvalue weighted by molar-refractivity contribution is -0.122. The molecule has 1 rings (SSSR count). The van der Waals surface area contributed by atoms with E-state index in [2.05, 4.69) is 19.2 Å². The van der Waals surface area contributed by atoms with E-state index in [0.29, 0.717) is 25.4 Å². The van der Waals surface area contributed by atoms with E-state index in [1.807, 2.05) is 42.3 Å². The molecule has 1 aromatic carbocycles. The fourth-order valence-corrected chi connectivity index (χ4v) is 2.15. The van der Waals surface area contributed by atoms with E-state index in [1.165, 1.54) is 0 Å². The Bertz CT molecular complexity index is 393. The summed E-state index contributed by atoms with van der Waals surface area (Å²) in [5, 5.41) is 12.1. The average Bonchev–Trinajstić information content (AvgIpc) is 2.43. The van der Waals surface area contributed by atoms with Crippen LogP contribution in [0.2, 0.25) is 0 Å². The second-order valence-corrected chi connectivity index (χ2v) is 5.55. The molecule has 0 bridgehead atoms. The monoisotopic (exact) mass is 278 g/mol. The van der Waals surface area contributed by atoms with Crippen LogP contribution in [0, 0.1) is 5.92 Å². The van der Waals surface area contributed by atoms with Gasteiger partial charge in [-0.2, -0.15) is 0 Å². The molecule has 0 saturated heterocycles. The van der Waals surface area contributed by atoms with Crippen LogP contribution in [0.4, 0.5) is 0 Å². The van der Waals surface area contributed by atoms with Crippen molar-refractivity contribution in [2.75, 3.05) is 26.7 Å². The predicted molar refractivity (Wildman–Crippen MR) is 81.4 cm³/mol. The molecule has 0 fully saturated rings. The van der Waals surface area contributed by atoms with Gasteiger partial charge in [0.1, 0.15) is 0 Å². The van der Waals surface area contributed by atoms with Crippen LogP contribution in [0.15, 0.2) is 30.3 Å². The van der Waals surface area contributed by atoms with E-state index in [4.69, 9.17) is 0 Å². The number of benzene rings is 1. The molecule has 0 aliphatic carbocycles. The lowest BCUT2D eigenvalue weighted by atomic mass is 10.0. The average molecular weight is 278 g/mol. The maximum atomic E-state index is 11.9. The van der Waals surface area contributed by atoms with E-state index in [9.17, 15) is 9.90 Å². The number of aliphatic hydroxyl groups excluding tert-OH is 1. The van der Waals surface area contributed by atoms with E-state index in [0.717, 1.165) is 5.56 Å². The first kappa shape index (κ1) is 16.7. The summed E-state index contributed by atoms with van der Waals surface area (Å²) in [4.78, 5) is 13.9. The number of hydrogen-bond acceptors (Lipinski definition) is 3. The molecule has 0 aliphatic heterocycles. The Labute approximate surface area is 121 Å². The number of aliphatic hydroxyl groups is 1. The Balaban J connectivity index is 2.61. The van der Waals surface area contributed by atoms with Gasteiger partial charge in [0.25, 0.3) is 0 Å². The molecule has 1 atom stereocenters. The number of amides is 1. The van der Waals surface area contributed by atoms with E-state index in [-0.39, 0.29) is 18.6 Å². The first-order chi connectivity index (χ1) is 9.54. The van der Waals surface area contributed by atoms with Gasteiger partial charge < -0.3 is 10.4 Å². The molecule has 0 radical (unpaired) electrons. The van der Waals surface area contributed by atoms with Crippen molar-refractivity contribution < 1.29 is 9.90 Å². The molecule has 4 heteroatoms. The van der Waals surface area contributed by atoms with Crippen molar-refractivity contribution in [1.82, 2.24) is 10.2 Å². The van der Waals surface area contributed by atoms with Crippen molar-refractivity contribution in [3.63, 3.8) is 0 Å². The number of hydrogen-bond donors (Lipinski definition) is 2. The molecule has 1 unspecified atom stereocenters. The largest absolute Gasteiger partial charge is 0.396 e. The van der Waals surface area contributed by atoms with E-state index < -0.39 is 0 Å². The highest BCUT2D eigenvalue weighted by molar-refractivity contribution is 5.78. The molecule has 0 aromatic heterocycles. The van der Waals surface area contributed by atoms with Crippen LogP contribution in [-0.4, -0.2) is 42.7 Å². The standard InChI is InChI=1S/C16H26N2O2/c1-13(2)11-17-16(20)12-18(3)15(9-10-19)14-7-5-4-6-8-14/h4-8,13,15,19H,9-12H2,1-3H3,(H,17,20). The number of likely N-dealkylation sites (N-methyl/N-ethyl adjacent to an activating group) is 1. The lowest BCUT2D eigenvalue weighted by Gasteiger charge is -2.27. The summed E-state index contributed by atoms with van der Waals surface area (Å²) in [6, 6.07) is 10.0. The molecule has 20 heavy (non-hydrogen) atoms. The molecule has 1 amide bonds. The maximum absolute atomic E-state index is 11.9. The fraction of sp³-hybridized carbons (Fsp3) is 0.562. The third kappa shape index (κ3) is 5.72. The predicted octanol–water partition coefficient (Wildman–Crippen LogP) is 1.81. The molecule has 0 heterocycles. The Morgan fingerprint density at radius 3 is 2.50 bits per heavy atom. The molecule has 2 N–H and O–H groups in total. The minimum Gasteiger partial charge on any atom is -0.396 e. The number of carbonyl (C=O) groups is 1. The van der Waals surface area contributed by atoms with Crippen LogP contribution in [0.1, 0.15) is 31.9 Å². The van der Waals surface area contributed by atoms with Crippen LogP contribution in [0.25, 0.3) is 0 Å². The summed E-state index contributed by atoms with van der Waals surface area (Å²) in [6.45, 7) is 5.29. The highest BCUT2D eigenvalue weighted by atomic mass is 16.3. The fourth-order valence-electron chi connectivity index (χ4n) is 2.15. The minimum absolute atomic E-state index is 0.0278. The molecule has 1 aromatic rings. The molecule has 112 valence electrons. The van der Waals surface area contributed by atoms with E-state index in [1.54, 1.807) is 0 Å². The number of nitrogens with zero attached hydrogens (tertiary/aromatic N) is 1. The van der Waals surface area contributed by atoms with Crippen LogP contribution in [0.3, 0.4) is 0 Å². The van der Waals surface area contributed by atoms with Crippen LogP contribution < -0.4 is 5.32 Å². The van der Waals surface area contributed by atoms with Crippen molar-refractivity contribution in [1.29, 1.82) is 0 Å². The summed E-state index contributed by atoms with van der Waals surface area (Å²) < 4.78 is 0. The SMILES string of the molecule is CC(C)CNC(=O)CN(C)C(CCO)c1ccccc1. The lowest BCUT2D eigenvalue weighted by Crippen LogP contribution is -2.38. The summed E-state index contributed by atoms with van der Waals surface area (Å²) in [5.41, 5.74) is 1.13. The summed E-state index contributed by atoms with van der Waals surface area (Å²) in [5.74, 6) is 0.478. The van der Waals surface area contributed by atoms with Gasteiger partial charge in [0.15, 0.2) is 0 Å². The minimum atomic E-state index is 0.0278. The Morgan fingerprint density at radius 1 is 1.30 bits per heavy atom. The topological polar surface area (TPSA) is 52.6 Å². The van der Waals surface area contributed by atoms with E-state index >= 15 is 0 Å². The quantitative estimate of drug-likeness (QED) is 0.762. The molecule has 0 saturated carbocycles. The highest BCUT2D eigenvalue weighted by Gasteiger charge is 2.18. The second kappa shape index (κ2) is 8.72. The number of nitrogens with one attached hydrogen (secondary N) is 1. The van der Waals surface area contributed by atoms with Crippen molar-refractivity contribution in [2.24, 2.45) is 5.92 Å². The summed E-state index contributed by atoms with van der Waals surface area (Å²) >= 11 is 0. The Kier molecular flexibility index (Phi) is 7.26. The van der Waals surface area contributed by atoms with Gasteiger partial charge in [-0.05, 0) is 24.9 Å². The van der Waals surface area contributed by atoms with Gasteiger partial charge in [-0.1, -0.05) is 44.2 Å².